The fraction of sp³-hybridized carbons (Fsp3) is 0.520. The van der Waals surface area contributed by atoms with Crippen molar-refractivity contribution in [1.29, 1.82) is 0 Å². The van der Waals surface area contributed by atoms with Crippen molar-refractivity contribution in [2.75, 3.05) is 27.3 Å². The maximum atomic E-state index is 13.5. The normalized spacial score (nSPS) is 11.7. The van der Waals surface area contributed by atoms with Crippen LogP contribution in [0.4, 0.5) is 0 Å². The van der Waals surface area contributed by atoms with E-state index in [1.165, 1.54) is 0 Å². The van der Waals surface area contributed by atoms with Crippen LogP contribution in [0.15, 0.2) is 36.5 Å². The molecule has 32 heavy (non-hydrogen) atoms. The zero-order valence-electron chi connectivity index (χ0n) is 20.3. The van der Waals surface area contributed by atoms with Crippen LogP contribution in [0.25, 0.3) is 0 Å². The number of hydrogen-bond donors (Lipinski definition) is 0. The number of rotatable bonds is 12. The number of carbonyl (C=O) groups is 2. The fourth-order valence-electron chi connectivity index (χ4n) is 3.49. The smallest absolute Gasteiger partial charge is 0.254 e. The van der Waals surface area contributed by atoms with Gasteiger partial charge in [0.1, 0.15) is 18.0 Å². The molecule has 1 heterocycles. The quantitative estimate of drug-likeness (QED) is 0.495. The van der Waals surface area contributed by atoms with Crippen molar-refractivity contribution >= 4 is 11.8 Å². The number of amides is 2. The summed E-state index contributed by atoms with van der Waals surface area (Å²) < 4.78 is 12.7. The summed E-state index contributed by atoms with van der Waals surface area (Å²) in [5.41, 5.74) is 1.50. The molecular weight excluding hydrogens is 406 g/mol. The van der Waals surface area contributed by atoms with E-state index >= 15 is 0 Å². The van der Waals surface area contributed by atoms with Crippen LogP contribution in [0.3, 0.4) is 0 Å². The summed E-state index contributed by atoms with van der Waals surface area (Å²) in [6.45, 7) is 7.31. The molecule has 0 spiro atoms. The maximum Gasteiger partial charge on any atom is 0.254 e. The van der Waals surface area contributed by atoms with E-state index in [-0.39, 0.29) is 24.4 Å². The summed E-state index contributed by atoms with van der Waals surface area (Å²) >= 11 is 0. The molecule has 2 aromatic rings. The third kappa shape index (κ3) is 6.52. The van der Waals surface area contributed by atoms with Gasteiger partial charge >= 0.3 is 0 Å². The lowest BCUT2D eigenvalue weighted by atomic mass is 10.1. The molecule has 176 valence electrons. The van der Waals surface area contributed by atoms with E-state index in [1.54, 1.807) is 37.3 Å². The van der Waals surface area contributed by atoms with Crippen LogP contribution in [0.2, 0.25) is 0 Å². The lowest BCUT2D eigenvalue weighted by molar-refractivity contribution is -0.133. The van der Waals surface area contributed by atoms with Gasteiger partial charge in [-0.15, -0.1) is 0 Å². The van der Waals surface area contributed by atoms with Gasteiger partial charge in [0, 0.05) is 43.2 Å². The standard InChI is InChI=1S/C25H37N3O4/c1-7-9-13-27(17-21-11-10-12-26(21)4)24(29)18-28(19(3)8-2)25(30)20-14-22(31-5)16-23(15-20)32-6/h10-12,14-16,19H,7-9,13,17-18H2,1-6H3. The van der Waals surface area contributed by atoms with E-state index in [0.29, 0.717) is 30.2 Å². The molecule has 2 rings (SSSR count). The Kier molecular flexibility index (Phi) is 9.62. The highest BCUT2D eigenvalue weighted by Crippen LogP contribution is 2.24. The Labute approximate surface area is 191 Å². The van der Waals surface area contributed by atoms with E-state index in [1.807, 2.05) is 48.7 Å². The molecule has 0 fully saturated rings. The molecule has 0 aliphatic heterocycles. The predicted octanol–water partition coefficient (Wildman–Crippen LogP) is 4.11. The minimum Gasteiger partial charge on any atom is -0.497 e. The molecule has 7 heteroatoms. The van der Waals surface area contributed by atoms with Crippen molar-refractivity contribution in [1.82, 2.24) is 14.4 Å². The third-order valence-electron chi connectivity index (χ3n) is 5.83. The van der Waals surface area contributed by atoms with Crippen LogP contribution >= 0.6 is 0 Å². The molecule has 7 nitrogen and oxygen atoms in total. The summed E-state index contributed by atoms with van der Waals surface area (Å²) in [4.78, 5) is 30.3. The van der Waals surface area contributed by atoms with Gasteiger partial charge in [0.25, 0.3) is 5.91 Å². The van der Waals surface area contributed by atoms with Gasteiger partial charge in [-0.2, -0.15) is 0 Å². The first-order valence-corrected chi connectivity index (χ1v) is 11.3. The average molecular weight is 444 g/mol. The number of aromatic nitrogens is 1. The molecular formula is C25H37N3O4. The van der Waals surface area contributed by atoms with E-state index in [0.717, 1.165) is 25.0 Å². The van der Waals surface area contributed by atoms with E-state index in [4.69, 9.17) is 9.47 Å². The zero-order valence-corrected chi connectivity index (χ0v) is 20.3. The maximum absolute atomic E-state index is 13.5. The Morgan fingerprint density at radius 2 is 1.75 bits per heavy atom. The van der Waals surface area contributed by atoms with E-state index in [2.05, 4.69) is 6.92 Å². The van der Waals surface area contributed by atoms with Crippen LogP contribution < -0.4 is 9.47 Å². The number of nitrogens with zero attached hydrogens (tertiary/aromatic N) is 3. The number of hydrogen-bond acceptors (Lipinski definition) is 4. The van der Waals surface area contributed by atoms with Crippen LogP contribution in [0.5, 0.6) is 11.5 Å². The highest BCUT2D eigenvalue weighted by Gasteiger charge is 2.26. The molecule has 1 aromatic heterocycles. The van der Waals surface area contributed by atoms with E-state index in [9.17, 15) is 9.59 Å². The first-order valence-electron chi connectivity index (χ1n) is 11.3. The van der Waals surface area contributed by atoms with Crippen molar-refractivity contribution in [3.8, 4) is 11.5 Å². The molecule has 0 bridgehead atoms. The lowest BCUT2D eigenvalue weighted by Gasteiger charge is -2.31. The van der Waals surface area contributed by atoms with Gasteiger partial charge in [0.15, 0.2) is 0 Å². The Morgan fingerprint density at radius 3 is 2.25 bits per heavy atom. The average Bonchev–Trinajstić information content (AvgIpc) is 3.22. The SMILES string of the molecule is CCCCN(Cc1cccn1C)C(=O)CN(C(=O)c1cc(OC)cc(OC)c1)C(C)CC. The molecule has 0 radical (unpaired) electrons. The minimum absolute atomic E-state index is 0.0293. The highest BCUT2D eigenvalue weighted by molar-refractivity contribution is 5.97. The summed E-state index contributed by atoms with van der Waals surface area (Å²) in [7, 11) is 5.07. The Morgan fingerprint density at radius 1 is 1.09 bits per heavy atom. The number of aryl methyl sites for hydroxylation is 1. The monoisotopic (exact) mass is 443 g/mol. The van der Waals surface area contributed by atoms with Crippen molar-refractivity contribution in [2.24, 2.45) is 7.05 Å². The van der Waals surface area contributed by atoms with Gasteiger partial charge < -0.3 is 23.8 Å². The number of methoxy groups -OCH3 is 2. The Balaban J connectivity index is 2.28. The summed E-state index contributed by atoms with van der Waals surface area (Å²) in [5, 5.41) is 0. The first-order chi connectivity index (χ1) is 15.3. The minimum atomic E-state index is -0.209. The van der Waals surface area contributed by atoms with Crippen LogP contribution in [0, 0.1) is 0 Å². The van der Waals surface area contributed by atoms with Crippen molar-refractivity contribution < 1.29 is 19.1 Å². The second kappa shape index (κ2) is 12.2. The summed E-state index contributed by atoms with van der Waals surface area (Å²) in [5.74, 6) is 0.815. The summed E-state index contributed by atoms with van der Waals surface area (Å²) in [6.07, 6.45) is 4.63. The lowest BCUT2D eigenvalue weighted by Crippen LogP contribution is -2.46. The number of ether oxygens (including phenoxy) is 2. The number of carbonyl (C=O) groups excluding carboxylic acids is 2. The Bertz CT molecular complexity index is 871. The van der Waals surface area contributed by atoms with Gasteiger partial charge in [-0.3, -0.25) is 9.59 Å². The van der Waals surface area contributed by atoms with Gasteiger partial charge in [-0.1, -0.05) is 20.3 Å². The first kappa shape index (κ1) is 25.3. The zero-order chi connectivity index (χ0) is 23.7. The predicted molar refractivity (Wildman–Crippen MR) is 126 cm³/mol. The second-order valence-corrected chi connectivity index (χ2v) is 8.07. The van der Waals surface area contributed by atoms with Gasteiger partial charge in [0.2, 0.25) is 5.91 Å². The van der Waals surface area contributed by atoms with Gasteiger partial charge in [-0.05, 0) is 44.0 Å². The number of unbranched alkanes of at least 4 members (excludes halogenated alkanes) is 1. The second-order valence-electron chi connectivity index (χ2n) is 8.07. The molecule has 0 aliphatic carbocycles. The topological polar surface area (TPSA) is 64.0 Å². The van der Waals surface area contributed by atoms with E-state index < -0.39 is 0 Å². The third-order valence-corrected chi connectivity index (χ3v) is 5.83. The molecule has 0 N–H and O–H groups in total. The van der Waals surface area contributed by atoms with Gasteiger partial charge in [-0.25, -0.2) is 0 Å². The van der Waals surface area contributed by atoms with Crippen molar-refractivity contribution in [2.45, 2.75) is 52.6 Å². The molecule has 0 saturated carbocycles. The molecule has 1 unspecified atom stereocenters. The Hall–Kier alpha value is -2.96. The molecule has 0 saturated heterocycles. The van der Waals surface area contributed by atoms with Crippen LogP contribution in [0.1, 0.15) is 56.1 Å². The van der Waals surface area contributed by atoms with Crippen molar-refractivity contribution in [3.05, 3.63) is 47.8 Å². The molecule has 0 aliphatic rings. The fourth-order valence-corrected chi connectivity index (χ4v) is 3.49. The van der Waals surface area contributed by atoms with Crippen molar-refractivity contribution in [3.63, 3.8) is 0 Å². The van der Waals surface area contributed by atoms with Crippen LogP contribution in [-0.2, 0) is 18.4 Å². The molecule has 1 aromatic carbocycles. The van der Waals surface area contributed by atoms with Gasteiger partial charge in [0.05, 0.1) is 20.8 Å². The largest absolute Gasteiger partial charge is 0.497 e. The van der Waals surface area contributed by atoms with Crippen LogP contribution in [-0.4, -0.2) is 59.5 Å². The highest BCUT2D eigenvalue weighted by atomic mass is 16.5. The summed E-state index contributed by atoms with van der Waals surface area (Å²) in [6, 6.07) is 9.00. The molecule has 2 amide bonds. The molecule has 1 atom stereocenters. The number of benzene rings is 1.